The summed E-state index contributed by atoms with van der Waals surface area (Å²) in [5.74, 6) is 3.04. The second-order valence-electron chi connectivity index (χ2n) is 11.9. The van der Waals surface area contributed by atoms with Crippen LogP contribution in [0.4, 0.5) is 0 Å². The van der Waals surface area contributed by atoms with Crippen LogP contribution < -0.4 is 14.8 Å². The Balaban J connectivity index is 1.94. The molecule has 4 heteroatoms. The largest absolute Gasteiger partial charge is 0.460 e. The molecule has 2 aliphatic heterocycles. The topological polar surface area (TPSA) is 18.5 Å². The average molecular weight is 679 g/mol. The van der Waals surface area contributed by atoms with E-state index < -0.39 is 6.04 Å². The Hall–Kier alpha value is -4.95. The molecule has 246 valence electrons. The first kappa shape index (κ1) is 35.4. The van der Waals surface area contributed by atoms with Gasteiger partial charge in [-0.3, -0.25) is 0 Å². The van der Waals surface area contributed by atoms with Crippen LogP contribution in [0.5, 0.6) is 11.5 Å². The molecular formula is C45H43O2PS. The Morgan fingerprint density at radius 3 is 2.02 bits per heavy atom. The van der Waals surface area contributed by atoms with Gasteiger partial charge in [0.05, 0.1) is 11.3 Å². The van der Waals surface area contributed by atoms with Crippen LogP contribution in [-0.4, -0.2) is 0 Å². The standard InChI is InChI=1S/C45H43O2PS/c1-9-13-16-23-31(5)35(12-4)29-42-34(8)47-44-40(38-26-19-15-20-27-38)30-39(37(21-10-2)22-11-3)43-45(44)48(42,49)41(33(7)46-43)28-32(6)36-24-17-14-18-25-36/h9-30H,1-2,4H2,3,5-8H3/b16-13-,22-11-,31-23+,32-28+,35-29+,37-21+. The van der Waals surface area contributed by atoms with Gasteiger partial charge in [0, 0.05) is 21.8 Å². The van der Waals surface area contributed by atoms with E-state index >= 15 is 0 Å². The molecular weight excluding hydrogens is 636 g/mol. The zero-order chi connectivity index (χ0) is 35.1. The van der Waals surface area contributed by atoms with Crippen molar-refractivity contribution in [1.29, 1.82) is 0 Å². The number of ether oxygens (including phenoxy) is 2. The quantitative estimate of drug-likeness (QED) is 0.149. The van der Waals surface area contributed by atoms with Crippen LogP contribution in [0.1, 0.15) is 45.7 Å². The molecule has 2 heterocycles. The molecule has 49 heavy (non-hydrogen) atoms. The van der Waals surface area contributed by atoms with Gasteiger partial charge in [-0.25, -0.2) is 0 Å². The molecule has 0 N–H and O–H groups in total. The molecule has 0 saturated carbocycles. The number of hydrogen-bond donors (Lipinski definition) is 0. The molecule has 2 aliphatic rings. The second kappa shape index (κ2) is 15.5. The molecule has 0 radical (unpaired) electrons. The molecule has 5 rings (SSSR count). The summed E-state index contributed by atoms with van der Waals surface area (Å²) < 4.78 is 13.9. The highest BCUT2D eigenvalue weighted by Gasteiger charge is 2.45. The Labute approximate surface area is 297 Å². The molecule has 1 unspecified atom stereocenters. The van der Waals surface area contributed by atoms with Gasteiger partial charge in [-0.15, -0.1) is 0 Å². The van der Waals surface area contributed by atoms with E-state index in [9.17, 15) is 0 Å². The monoisotopic (exact) mass is 678 g/mol. The normalized spacial score (nSPS) is 18.4. The van der Waals surface area contributed by atoms with Gasteiger partial charge in [-0.2, -0.15) is 0 Å². The van der Waals surface area contributed by atoms with Crippen LogP contribution in [0.25, 0.3) is 22.3 Å². The second-order valence-corrected chi connectivity index (χ2v) is 16.1. The molecule has 2 nitrogen and oxygen atoms in total. The van der Waals surface area contributed by atoms with Crippen molar-refractivity contribution < 1.29 is 9.47 Å². The summed E-state index contributed by atoms with van der Waals surface area (Å²) in [6.07, 6.45) is 21.9. The molecule has 1 atom stereocenters. The Kier molecular flexibility index (Phi) is 11.2. The van der Waals surface area contributed by atoms with E-state index in [1.165, 1.54) is 0 Å². The SMILES string of the molecule is C=C\C=C/C=C(C)/C(C=C)=C/C1=C(C)Oc2c(-c3ccccc3)cc(C(/C=C\C)=C/C=C)c3c2P1(=S)C(/C=C(\C)c1ccccc1)=C(C)O3. The Morgan fingerprint density at radius 2 is 1.41 bits per heavy atom. The van der Waals surface area contributed by atoms with Crippen molar-refractivity contribution in [2.45, 2.75) is 34.6 Å². The maximum absolute atomic E-state index is 7.17. The first-order chi connectivity index (χ1) is 23.7. The molecule has 0 saturated heterocycles. The van der Waals surface area contributed by atoms with Crippen LogP contribution >= 0.6 is 6.04 Å². The number of allylic oxidation sites excluding steroid dienone is 19. The first-order valence-electron chi connectivity index (χ1n) is 16.3. The van der Waals surface area contributed by atoms with Crippen molar-refractivity contribution in [2.24, 2.45) is 0 Å². The predicted molar refractivity (Wildman–Crippen MR) is 217 cm³/mol. The molecule has 0 fully saturated rings. The third-order valence-corrected chi connectivity index (χ3v) is 13.6. The fourth-order valence-corrected chi connectivity index (χ4v) is 11.1. The third kappa shape index (κ3) is 6.97. The molecule has 0 aromatic heterocycles. The highest BCUT2D eigenvalue weighted by atomic mass is 32.4. The maximum atomic E-state index is 7.17. The van der Waals surface area contributed by atoms with E-state index in [4.69, 9.17) is 21.3 Å². The summed E-state index contributed by atoms with van der Waals surface area (Å²) >= 11 is 7.17. The zero-order valence-electron chi connectivity index (χ0n) is 29.0. The van der Waals surface area contributed by atoms with Crippen LogP contribution in [-0.2, 0) is 11.8 Å². The van der Waals surface area contributed by atoms with Crippen molar-refractivity contribution in [2.75, 3.05) is 0 Å². The lowest BCUT2D eigenvalue weighted by molar-refractivity contribution is 0.407. The van der Waals surface area contributed by atoms with Gasteiger partial charge in [-0.05, 0) is 86.3 Å². The van der Waals surface area contributed by atoms with Gasteiger partial charge in [0.25, 0.3) is 0 Å². The summed E-state index contributed by atoms with van der Waals surface area (Å²) in [7, 11) is 0. The first-order valence-corrected chi connectivity index (χ1v) is 19.1. The summed E-state index contributed by atoms with van der Waals surface area (Å²) in [4.78, 5) is 0. The fraction of sp³-hybridized carbons (Fsp3) is 0.111. The zero-order valence-corrected chi connectivity index (χ0v) is 30.7. The molecule has 3 aromatic carbocycles. The lowest BCUT2D eigenvalue weighted by atomic mass is 9.96. The van der Waals surface area contributed by atoms with E-state index in [0.29, 0.717) is 0 Å². The summed E-state index contributed by atoms with van der Waals surface area (Å²) in [6, 6.07) is 20.1. The van der Waals surface area contributed by atoms with Gasteiger partial charge in [0.1, 0.15) is 23.0 Å². The lowest BCUT2D eigenvalue weighted by Gasteiger charge is -2.40. The van der Waals surface area contributed by atoms with Crippen molar-refractivity contribution in [3.05, 3.63) is 198 Å². The van der Waals surface area contributed by atoms with E-state index in [1.54, 1.807) is 6.08 Å². The predicted octanol–water partition coefficient (Wildman–Crippen LogP) is 12.8. The van der Waals surface area contributed by atoms with Gasteiger partial charge >= 0.3 is 0 Å². The minimum absolute atomic E-state index is 0.732. The van der Waals surface area contributed by atoms with E-state index in [-0.39, 0.29) is 0 Å². The van der Waals surface area contributed by atoms with Crippen LogP contribution in [0.2, 0.25) is 0 Å². The van der Waals surface area contributed by atoms with Gasteiger partial charge in [0.2, 0.25) is 0 Å². The van der Waals surface area contributed by atoms with E-state index in [1.807, 2.05) is 81.5 Å². The highest BCUT2D eigenvalue weighted by molar-refractivity contribution is 8.22. The van der Waals surface area contributed by atoms with Crippen LogP contribution in [0, 0.1) is 0 Å². The molecule has 0 amide bonds. The average Bonchev–Trinajstić information content (AvgIpc) is 3.10. The fourth-order valence-electron chi connectivity index (χ4n) is 6.17. The number of benzene rings is 3. The maximum Gasteiger partial charge on any atom is 0.147 e. The molecule has 0 bridgehead atoms. The highest BCUT2D eigenvalue weighted by Crippen LogP contribution is 2.71. The van der Waals surface area contributed by atoms with E-state index in [0.717, 1.165) is 83.5 Å². The number of hydrogen-bond acceptors (Lipinski definition) is 3. The minimum atomic E-state index is -2.83. The van der Waals surface area contributed by atoms with Crippen molar-refractivity contribution >= 4 is 34.3 Å². The smallest absolute Gasteiger partial charge is 0.147 e. The van der Waals surface area contributed by atoms with E-state index in [2.05, 4.69) is 100 Å². The molecule has 3 aromatic rings. The Morgan fingerprint density at radius 1 is 0.776 bits per heavy atom. The van der Waals surface area contributed by atoms with Gasteiger partial charge < -0.3 is 9.47 Å². The minimum Gasteiger partial charge on any atom is -0.460 e. The van der Waals surface area contributed by atoms with Crippen LogP contribution in [0.3, 0.4) is 0 Å². The van der Waals surface area contributed by atoms with Gasteiger partial charge in [-0.1, -0.05) is 147 Å². The van der Waals surface area contributed by atoms with Crippen molar-refractivity contribution in [3.8, 4) is 22.6 Å². The lowest BCUT2D eigenvalue weighted by Crippen LogP contribution is -2.26. The summed E-state index contributed by atoms with van der Waals surface area (Å²) in [5.41, 5.74) is 8.17. The van der Waals surface area contributed by atoms with Crippen LogP contribution in [0.15, 0.2) is 187 Å². The van der Waals surface area contributed by atoms with Crippen molar-refractivity contribution in [1.82, 2.24) is 0 Å². The third-order valence-electron chi connectivity index (χ3n) is 8.62. The summed E-state index contributed by atoms with van der Waals surface area (Å²) in [6.45, 7) is 22.3. The Bertz CT molecular complexity index is 2110. The summed E-state index contributed by atoms with van der Waals surface area (Å²) in [5, 5.41) is 2.89. The number of rotatable bonds is 11. The molecule has 0 spiro atoms. The van der Waals surface area contributed by atoms with Gasteiger partial charge in [0.15, 0.2) is 0 Å². The molecule has 0 aliphatic carbocycles. The van der Waals surface area contributed by atoms with Crippen molar-refractivity contribution in [3.63, 3.8) is 0 Å².